The summed E-state index contributed by atoms with van der Waals surface area (Å²) in [6.45, 7) is 0. The summed E-state index contributed by atoms with van der Waals surface area (Å²) < 4.78 is 13.6. The molecule has 2 unspecified atom stereocenters. The molecular weight excluding hydrogens is 357 g/mol. The fourth-order valence-corrected chi connectivity index (χ4v) is 3.85. The highest BCUT2D eigenvalue weighted by atomic mass is 19.1. The van der Waals surface area contributed by atoms with Crippen molar-refractivity contribution in [2.24, 2.45) is 0 Å². The standard InChI is InChI=1S/C22H22FN3O2/c23-15-4-1-3-13(9-15)14-7-8-18-19(10-14)21(24)25-12-20(18)22(28)26-16-5-2-6-17(27)11-16/h1,3-4,7-10,12,16-17,27H,2,5-6,11H2,(H2,24,25)(H,26,28). The molecule has 1 aliphatic carbocycles. The number of aromatic nitrogens is 1. The van der Waals surface area contributed by atoms with Crippen molar-refractivity contribution in [3.8, 4) is 11.1 Å². The molecule has 3 aromatic rings. The summed E-state index contributed by atoms with van der Waals surface area (Å²) in [7, 11) is 0. The van der Waals surface area contributed by atoms with Crippen molar-refractivity contribution in [1.82, 2.24) is 10.3 Å². The number of hydrogen-bond donors (Lipinski definition) is 3. The Morgan fingerprint density at radius 1 is 1.14 bits per heavy atom. The molecule has 1 aromatic heterocycles. The zero-order valence-electron chi connectivity index (χ0n) is 15.4. The van der Waals surface area contributed by atoms with Gasteiger partial charge in [0.15, 0.2) is 0 Å². The number of nitrogens with zero attached hydrogens (tertiary/aromatic N) is 1. The van der Waals surface area contributed by atoms with Crippen LogP contribution in [0.25, 0.3) is 21.9 Å². The van der Waals surface area contributed by atoms with Crippen LogP contribution in [0.5, 0.6) is 0 Å². The number of pyridine rings is 1. The van der Waals surface area contributed by atoms with E-state index in [0.717, 1.165) is 30.4 Å². The Kier molecular flexibility index (Phi) is 4.96. The molecule has 1 fully saturated rings. The molecule has 6 heteroatoms. The normalized spacial score (nSPS) is 19.5. The van der Waals surface area contributed by atoms with Gasteiger partial charge in [-0.05, 0) is 60.4 Å². The van der Waals surface area contributed by atoms with Gasteiger partial charge in [0.25, 0.3) is 5.91 Å². The highest BCUT2D eigenvalue weighted by Crippen LogP contribution is 2.29. The Morgan fingerprint density at radius 3 is 2.75 bits per heavy atom. The molecule has 0 saturated heterocycles. The second-order valence-electron chi connectivity index (χ2n) is 7.32. The van der Waals surface area contributed by atoms with Crippen molar-refractivity contribution < 1.29 is 14.3 Å². The first kappa shape index (κ1) is 18.4. The minimum atomic E-state index is -0.367. The van der Waals surface area contributed by atoms with E-state index in [4.69, 9.17) is 5.73 Å². The topological polar surface area (TPSA) is 88.2 Å². The minimum Gasteiger partial charge on any atom is -0.393 e. The van der Waals surface area contributed by atoms with E-state index in [1.807, 2.05) is 24.3 Å². The third kappa shape index (κ3) is 3.68. The van der Waals surface area contributed by atoms with E-state index < -0.39 is 0 Å². The number of nitrogen functional groups attached to an aromatic ring is 1. The van der Waals surface area contributed by atoms with Gasteiger partial charge in [-0.3, -0.25) is 4.79 Å². The Hall–Kier alpha value is -2.99. The highest BCUT2D eigenvalue weighted by molar-refractivity contribution is 6.09. The highest BCUT2D eigenvalue weighted by Gasteiger charge is 2.23. The minimum absolute atomic E-state index is 0.0459. The van der Waals surface area contributed by atoms with Gasteiger partial charge in [-0.25, -0.2) is 9.37 Å². The van der Waals surface area contributed by atoms with Crippen molar-refractivity contribution in [1.29, 1.82) is 0 Å². The molecule has 144 valence electrons. The molecule has 1 amide bonds. The molecule has 1 saturated carbocycles. The lowest BCUT2D eigenvalue weighted by molar-refractivity contribution is 0.0851. The van der Waals surface area contributed by atoms with E-state index in [0.29, 0.717) is 28.6 Å². The van der Waals surface area contributed by atoms with Gasteiger partial charge >= 0.3 is 0 Å². The second-order valence-corrected chi connectivity index (χ2v) is 7.32. The molecule has 0 bridgehead atoms. The fraction of sp³-hybridized carbons (Fsp3) is 0.273. The molecule has 0 aliphatic heterocycles. The number of rotatable bonds is 3. The van der Waals surface area contributed by atoms with Crippen LogP contribution in [0.15, 0.2) is 48.7 Å². The second kappa shape index (κ2) is 7.56. The van der Waals surface area contributed by atoms with Crippen LogP contribution in [0.2, 0.25) is 0 Å². The summed E-state index contributed by atoms with van der Waals surface area (Å²) in [5, 5.41) is 14.2. The quantitative estimate of drug-likeness (QED) is 0.648. The molecule has 28 heavy (non-hydrogen) atoms. The summed E-state index contributed by atoms with van der Waals surface area (Å²) in [6.07, 6.45) is 4.21. The maximum Gasteiger partial charge on any atom is 0.253 e. The Morgan fingerprint density at radius 2 is 1.96 bits per heavy atom. The van der Waals surface area contributed by atoms with E-state index >= 15 is 0 Å². The van der Waals surface area contributed by atoms with Gasteiger partial charge in [0.1, 0.15) is 11.6 Å². The van der Waals surface area contributed by atoms with Crippen LogP contribution < -0.4 is 11.1 Å². The largest absolute Gasteiger partial charge is 0.393 e. The average Bonchev–Trinajstić information content (AvgIpc) is 2.68. The predicted octanol–water partition coefficient (Wildman–Crippen LogP) is 3.66. The summed E-state index contributed by atoms with van der Waals surface area (Å²) in [5.74, 6) is -0.223. The Labute approximate surface area is 162 Å². The van der Waals surface area contributed by atoms with Crippen LogP contribution >= 0.6 is 0 Å². The monoisotopic (exact) mass is 379 g/mol. The van der Waals surface area contributed by atoms with Crippen LogP contribution in [0.3, 0.4) is 0 Å². The summed E-state index contributed by atoms with van der Waals surface area (Å²) in [6, 6.07) is 11.8. The van der Waals surface area contributed by atoms with Gasteiger partial charge < -0.3 is 16.2 Å². The number of aliphatic hydroxyl groups excluding tert-OH is 1. The maximum absolute atomic E-state index is 13.6. The van der Waals surface area contributed by atoms with E-state index in [1.165, 1.54) is 18.3 Å². The number of nitrogens with two attached hydrogens (primary N) is 1. The molecule has 5 nitrogen and oxygen atoms in total. The summed E-state index contributed by atoms with van der Waals surface area (Å²) in [5.41, 5.74) is 8.02. The van der Waals surface area contributed by atoms with Crippen molar-refractivity contribution >= 4 is 22.5 Å². The number of benzene rings is 2. The van der Waals surface area contributed by atoms with Gasteiger partial charge in [-0.2, -0.15) is 0 Å². The molecule has 4 N–H and O–H groups in total. The fourth-order valence-electron chi connectivity index (χ4n) is 3.85. The van der Waals surface area contributed by atoms with Crippen LogP contribution in [-0.2, 0) is 0 Å². The van der Waals surface area contributed by atoms with Gasteiger partial charge in [-0.15, -0.1) is 0 Å². The molecule has 4 rings (SSSR count). The van der Waals surface area contributed by atoms with Crippen LogP contribution in [0, 0.1) is 5.82 Å². The van der Waals surface area contributed by atoms with Crippen molar-refractivity contribution in [3.05, 3.63) is 60.0 Å². The number of carbonyl (C=O) groups is 1. The Bertz CT molecular complexity index is 1040. The number of carbonyl (C=O) groups excluding carboxylic acids is 1. The number of anilines is 1. The SMILES string of the molecule is Nc1ncc(C(=O)NC2CCCC(O)C2)c2ccc(-c3cccc(F)c3)cc12. The molecule has 0 spiro atoms. The smallest absolute Gasteiger partial charge is 0.253 e. The number of nitrogens with one attached hydrogen (secondary N) is 1. The van der Waals surface area contributed by atoms with E-state index in [9.17, 15) is 14.3 Å². The van der Waals surface area contributed by atoms with E-state index in [2.05, 4.69) is 10.3 Å². The van der Waals surface area contributed by atoms with Crippen LogP contribution in [-0.4, -0.2) is 28.1 Å². The first-order chi connectivity index (χ1) is 13.5. The summed E-state index contributed by atoms with van der Waals surface area (Å²) in [4.78, 5) is 17.0. The zero-order chi connectivity index (χ0) is 19.7. The van der Waals surface area contributed by atoms with Gasteiger partial charge in [0.05, 0.1) is 11.7 Å². The van der Waals surface area contributed by atoms with Crippen LogP contribution in [0.1, 0.15) is 36.0 Å². The molecule has 2 aromatic carbocycles. The number of halogens is 1. The maximum atomic E-state index is 13.6. The average molecular weight is 379 g/mol. The number of aliphatic hydroxyl groups is 1. The summed E-state index contributed by atoms with van der Waals surface area (Å²) >= 11 is 0. The van der Waals surface area contributed by atoms with Gasteiger partial charge in [0, 0.05) is 17.6 Å². The number of fused-ring (bicyclic) bond motifs is 1. The molecule has 2 atom stereocenters. The Balaban J connectivity index is 1.68. The first-order valence-corrected chi connectivity index (χ1v) is 9.44. The van der Waals surface area contributed by atoms with Crippen LogP contribution in [0.4, 0.5) is 10.2 Å². The molecular formula is C22H22FN3O2. The van der Waals surface area contributed by atoms with Gasteiger partial charge in [-0.1, -0.05) is 24.3 Å². The zero-order valence-corrected chi connectivity index (χ0v) is 15.4. The third-order valence-corrected chi connectivity index (χ3v) is 5.30. The predicted molar refractivity (Wildman–Crippen MR) is 107 cm³/mol. The first-order valence-electron chi connectivity index (χ1n) is 9.44. The number of amides is 1. The third-order valence-electron chi connectivity index (χ3n) is 5.30. The molecule has 1 heterocycles. The van der Waals surface area contributed by atoms with Gasteiger partial charge in [0.2, 0.25) is 0 Å². The van der Waals surface area contributed by atoms with Crippen molar-refractivity contribution in [3.63, 3.8) is 0 Å². The lowest BCUT2D eigenvalue weighted by Gasteiger charge is -2.26. The lowest BCUT2D eigenvalue weighted by Crippen LogP contribution is -2.39. The van der Waals surface area contributed by atoms with E-state index in [1.54, 1.807) is 6.07 Å². The van der Waals surface area contributed by atoms with E-state index in [-0.39, 0.29) is 23.9 Å². The van der Waals surface area contributed by atoms with Crippen molar-refractivity contribution in [2.75, 3.05) is 5.73 Å². The lowest BCUT2D eigenvalue weighted by atomic mass is 9.92. The number of hydrogen-bond acceptors (Lipinski definition) is 4. The van der Waals surface area contributed by atoms with Crippen molar-refractivity contribution in [2.45, 2.75) is 37.8 Å². The molecule has 1 aliphatic rings. The molecule has 0 radical (unpaired) electrons.